The van der Waals surface area contributed by atoms with Crippen LogP contribution in [0.4, 0.5) is 0 Å². The lowest BCUT2D eigenvalue weighted by atomic mass is 10.2. The number of esters is 2. The Kier molecular flexibility index (Phi) is 8.80. The largest absolute Gasteiger partial charge is 0.494 e. The summed E-state index contributed by atoms with van der Waals surface area (Å²) in [4.78, 5) is 23.6. The Labute approximate surface area is 137 Å². The third kappa shape index (κ3) is 7.17. The van der Waals surface area contributed by atoms with Gasteiger partial charge in [-0.25, -0.2) is 0 Å². The average Bonchev–Trinajstić information content (AvgIpc) is 2.53. The quantitative estimate of drug-likeness (QED) is 0.475. The van der Waals surface area contributed by atoms with Gasteiger partial charge in [-0.3, -0.25) is 9.59 Å². The van der Waals surface area contributed by atoms with E-state index in [1.165, 1.54) is 0 Å². The zero-order valence-corrected chi connectivity index (χ0v) is 14.2. The van der Waals surface area contributed by atoms with Crippen LogP contribution >= 0.6 is 0 Å². The Hall–Kier alpha value is -2.04. The fourth-order valence-electron chi connectivity index (χ4n) is 1.90. The van der Waals surface area contributed by atoms with Gasteiger partial charge in [-0.05, 0) is 31.9 Å². The Balaban J connectivity index is 2.85. The molecular weight excluding hydrogens is 296 g/mol. The maximum absolute atomic E-state index is 11.8. The van der Waals surface area contributed by atoms with Crippen LogP contribution in [-0.2, 0) is 9.59 Å². The maximum Gasteiger partial charge on any atom is 0.311 e. The second-order valence-electron chi connectivity index (χ2n) is 5.20. The summed E-state index contributed by atoms with van der Waals surface area (Å²) in [6.45, 7) is 6.37. The lowest BCUT2D eigenvalue weighted by Gasteiger charge is -2.12. The molecule has 0 radical (unpaired) electrons. The summed E-state index contributed by atoms with van der Waals surface area (Å²) in [7, 11) is 0. The van der Waals surface area contributed by atoms with E-state index in [9.17, 15) is 9.59 Å². The van der Waals surface area contributed by atoms with Crippen molar-refractivity contribution in [3.63, 3.8) is 0 Å². The fourth-order valence-corrected chi connectivity index (χ4v) is 1.90. The van der Waals surface area contributed by atoms with Crippen LogP contribution in [0.2, 0.25) is 0 Å². The second kappa shape index (κ2) is 10.6. The van der Waals surface area contributed by atoms with Crippen LogP contribution in [0, 0.1) is 0 Å². The zero-order chi connectivity index (χ0) is 17.1. The number of hydrogen-bond acceptors (Lipinski definition) is 5. The van der Waals surface area contributed by atoms with Gasteiger partial charge < -0.3 is 14.2 Å². The molecule has 0 saturated carbocycles. The lowest BCUT2D eigenvalue weighted by molar-refractivity contribution is -0.137. The van der Waals surface area contributed by atoms with E-state index < -0.39 is 0 Å². The molecule has 5 nitrogen and oxygen atoms in total. The molecule has 1 aromatic rings. The molecule has 1 rings (SSSR count). The molecule has 5 heteroatoms. The van der Waals surface area contributed by atoms with Gasteiger partial charge in [0.2, 0.25) is 0 Å². The smallest absolute Gasteiger partial charge is 0.311 e. The second-order valence-corrected chi connectivity index (χ2v) is 5.20. The number of benzene rings is 1. The highest BCUT2D eigenvalue weighted by molar-refractivity contribution is 5.76. The molecule has 1 aromatic carbocycles. The Morgan fingerprint density at radius 3 is 1.96 bits per heavy atom. The van der Waals surface area contributed by atoms with Crippen molar-refractivity contribution in [1.29, 1.82) is 0 Å². The van der Waals surface area contributed by atoms with E-state index in [0.717, 1.165) is 25.7 Å². The first-order valence-electron chi connectivity index (χ1n) is 8.28. The minimum atomic E-state index is -0.341. The van der Waals surface area contributed by atoms with Gasteiger partial charge in [0.15, 0.2) is 11.5 Å². The average molecular weight is 322 g/mol. The van der Waals surface area contributed by atoms with Crippen LogP contribution in [0.3, 0.4) is 0 Å². The van der Waals surface area contributed by atoms with Gasteiger partial charge in [0.1, 0.15) is 5.75 Å². The minimum Gasteiger partial charge on any atom is -0.494 e. The maximum atomic E-state index is 11.8. The number of ether oxygens (including phenoxy) is 3. The van der Waals surface area contributed by atoms with Gasteiger partial charge in [-0.1, -0.05) is 26.7 Å². The van der Waals surface area contributed by atoms with E-state index in [4.69, 9.17) is 14.2 Å². The van der Waals surface area contributed by atoms with Crippen LogP contribution in [0.15, 0.2) is 18.2 Å². The minimum absolute atomic E-state index is 0.224. The van der Waals surface area contributed by atoms with Gasteiger partial charge in [-0.2, -0.15) is 0 Å². The molecule has 0 atom stereocenters. The van der Waals surface area contributed by atoms with Gasteiger partial charge in [0.05, 0.1) is 6.61 Å². The van der Waals surface area contributed by atoms with Crippen molar-refractivity contribution in [2.75, 3.05) is 6.61 Å². The fraction of sp³-hybridized carbons (Fsp3) is 0.556. The van der Waals surface area contributed by atoms with Gasteiger partial charge >= 0.3 is 11.9 Å². The van der Waals surface area contributed by atoms with Crippen LogP contribution in [0.5, 0.6) is 17.2 Å². The Bertz CT molecular complexity index is 510. The standard InChI is InChI=1S/C18H26O5/c1-4-7-9-17(19)22-15-12-11-14(21-6-3)13-16(15)23-18(20)10-8-5-2/h11-13H,4-10H2,1-3H3. The molecule has 0 amide bonds. The highest BCUT2D eigenvalue weighted by Gasteiger charge is 2.15. The molecular formula is C18H26O5. The summed E-state index contributed by atoms with van der Waals surface area (Å²) in [5.74, 6) is 0.369. The summed E-state index contributed by atoms with van der Waals surface area (Å²) in [6, 6.07) is 4.86. The van der Waals surface area contributed by atoms with Crippen LogP contribution < -0.4 is 14.2 Å². The number of rotatable bonds is 10. The van der Waals surface area contributed by atoms with Crippen LogP contribution in [0.25, 0.3) is 0 Å². The SMILES string of the molecule is CCCCC(=O)Oc1ccc(OCC)cc1OC(=O)CCCC. The normalized spacial score (nSPS) is 10.2. The van der Waals surface area contributed by atoms with Crippen molar-refractivity contribution >= 4 is 11.9 Å². The molecule has 0 aromatic heterocycles. The molecule has 0 fully saturated rings. The molecule has 0 spiro atoms. The first kappa shape index (κ1) is 19.0. The third-order valence-electron chi connectivity index (χ3n) is 3.14. The number of carbonyl (C=O) groups excluding carboxylic acids is 2. The molecule has 0 unspecified atom stereocenters. The summed E-state index contributed by atoms with van der Waals surface area (Å²) >= 11 is 0. The number of hydrogen-bond donors (Lipinski definition) is 0. The van der Waals surface area contributed by atoms with Gasteiger partial charge in [0.25, 0.3) is 0 Å². The van der Waals surface area contributed by atoms with Gasteiger partial charge in [0, 0.05) is 18.9 Å². The van der Waals surface area contributed by atoms with E-state index in [1.54, 1.807) is 18.2 Å². The van der Waals surface area contributed by atoms with Crippen LogP contribution in [-0.4, -0.2) is 18.5 Å². The summed E-state index contributed by atoms with van der Waals surface area (Å²) < 4.78 is 16.1. The molecule has 128 valence electrons. The van der Waals surface area contributed by atoms with Crippen molar-refractivity contribution in [2.24, 2.45) is 0 Å². The molecule has 0 bridgehead atoms. The molecule has 0 aliphatic carbocycles. The number of carbonyl (C=O) groups is 2. The zero-order valence-electron chi connectivity index (χ0n) is 14.2. The lowest BCUT2D eigenvalue weighted by Crippen LogP contribution is -2.12. The predicted octanol–water partition coefficient (Wildman–Crippen LogP) is 4.28. The Morgan fingerprint density at radius 2 is 1.43 bits per heavy atom. The van der Waals surface area contributed by atoms with Crippen LogP contribution in [0.1, 0.15) is 59.3 Å². The van der Waals surface area contributed by atoms with E-state index in [-0.39, 0.29) is 23.4 Å². The molecule has 0 N–H and O–H groups in total. The molecule has 0 aliphatic heterocycles. The molecule has 0 aliphatic rings. The molecule has 0 saturated heterocycles. The van der Waals surface area contributed by atoms with E-state index in [1.807, 2.05) is 20.8 Å². The first-order valence-corrected chi connectivity index (χ1v) is 8.28. The predicted molar refractivity (Wildman–Crippen MR) is 87.9 cm³/mol. The van der Waals surface area contributed by atoms with Crippen molar-refractivity contribution in [2.45, 2.75) is 59.3 Å². The third-order valence-corrected chi connectivity index (χ3v) is 3.14. The monoisotopic (exact) mass is 322 g/mol. The highest BCUT2D eigenvalue weighted by Crippen LogP contribution is 2.32. The Morgan fingerprint density at radius 1 is 0.870 bits per heavy atom. The summed E-state index contributed by atoms with van der Waals surface area (Å²) in [6.07, 6.45) is 4.02. The first-order chi connectivity index (χ1) is 11.1. The topological polar surface area (TPSA) is 61.8 Å². The van der Waals surface area contributed by atoms with Crippen molar-refractivity contribution in [3.05, 3.63) is 18.2 Å². The van der Waals surface area contributed by atoms with Crippen molar-refractivity contribution in [1.82, 2.24) is 0 Å². The van der Waals surface area contributed by atoms with E-state index in [2.05, 4.69) is 0 Å². The van der Waals surface area contributed by atoms with E-state index >= 15 is 0 Å². The van der Waals surface area contributed by atoms with E-state index in [0.29, 0.717) is 25.2 Å². The van der Waals surface area contributed by atoms with Gasteiger partial charge in [-0.15, -0.1) is 0 Å². The van der Waals surface area contributed by atoms with Crippen molar-refractivity contribution < 1.29 is 23.8 Å². The summed E-state index contributed by atoms with van der Waals surface area (Å²) in [5.41, 5.74) is 0. The molecule has 0 heterocycles. The summed E-state index contributed by atoms with van der Waals surface area (Å²) in [5, 5.41) is 0. The highest BCUT2D eigenvalue weighted by atomic mass is 16.6. The number of unbranched alkanes of at least 4 members (excludes halogenated alkanes) is 2. The molecule has 23 heavy (non-hydrogen) atoms. The van der Waals surface area contributed by atoms with Crippen molar-refractivity contribution in [3.8, 4) is 17.2 Å².